The summed E-state index contributed by atoms with van der Waals surface area (Å²) in [4.78, 5) is 25.2. The van der Waals surface area contributed by atoms with Crippen molar-refractivity contribution in [3.05, 3.63) is 57.5 Å². The van der Waals surface area contributed by atoms with Crippen LogP contribution < -0.4 is 5.32 Å². The number of nitrogens with one attached hydrogen (secondary N) is 1. The molecule has 0 bridgehead atoms. The summed E-state index contributed by atoms with van der Waals surface area (Å²) in [7, 11) is 2.88. The number of carbonyl (C=O) groups excluding carboxylic acids is 1. The molecule has 1 unspecified atom stereocenters. The van der Waals surface area contributed by atoms with Crippen LogP contribution in [-0.2, 0) is 14.3 Å². The van der Waals surface area contributed by atoms with Crippen LogP contribution in [0.1, 0.15) is 11.6 Å². The molecule has 1 aliphatic rings. The first-order valence-corrected chi connectivity index (χ1v) is 6.23. The fourth-order valence-corrected chi connectivity index (χ4v) is 2.03. The molecule has 0 saturated carbocycles. The lowest BCUT2D eigenvalue weighted by Crippen LogP contribution is -2.31. The minimum absolute atomic E-state index is 0.0235. The highest BCUT2D eigenvalue weighted by atomic mass is 16.6. The van der Waals surface area contributed by atoms with Gasteiger partial charge in [-0.1, -0.05) is 0 Å². The van der Waals surface area contributed by atoms with Gasteiger partial charge in [-0.25, -0.2) is 9.79 Å². The van der Waals surface area contributed by atoms with Gasteiger partial charge in [0.2, 0.25) is 0 Å². The molecule has 8 nitrogen and oxygen atoms in total. The highest BCUT2D eigenvalue weighted by molar-refractivity contribution is 5.79. The Kier molecular flexibility index (Phi) is 4.55. The first-order chi connectivity index (χ1) is 10.6. The van der Waals surface area contributed by atoms with E-state index in [2.05, 4.69) is 10.3 Å². The van der Waals surface area contributed by atoms with Gasteiger partial charge in [-0.05, 0) is 17.7 Å². The summed E-state index contributed by atoms with van der Waals surface area (Å²) in [6, 6.07) is 5.52. The average Bonchev–Trinajstić information content (AvgIpc) is 2.54. The van der Waals surface area contributed by atoms with Gasteiger partial charge in [-0.2, -0.15) is 0 Å². The van der Waals surface area contributed by atoms with Gasteiger partial charge in [0.1, 0.15) is 17.7 Å². The van der Waals surface area contributed by atoms with E-state index in [1.165, 1.54) is 32.4 Å². The number of allylic oxidation sites excluding steroid dienone is 1. The Labute approximate surface area is 125 Å². The predicted molar refractivity (Wildman–Crippen MR) is 77.7 cm³/mol. The molecular formula is C14H13N3O5. The molecule has 1 N–H and O–H groups in total. The fraction of sp³-hybridized carbons (Fsp3) is 0.214. The number of rotatable bonds is 4. The van der Waals surface area contributed by atoms with Crippen molar-refractivity contribution in [1.29, 1.82) is 0 Å². The van der Waals surface area contributed by atoms with E-state index >= 15 is 0 Å². The summed E-state index contributed by atoms with van der Waals surface area (Å²) in [5.74, 6) is 2.05. The van der Waals surface area contributed by atoms with Gasteiger partial charge in [0, 0.05) is 18.2 Å². The summed E-state index contributed by atoms with van der Waals surface area (Å²) < 4.78 is 10.4. The molecule has 1 aliphatic heterocycles. The van der Waals surface area contributed by atoms with Gasteiger partial charge in [-0.15, -0.1) is 0 Å². The zero-order chi connectivity index (χ0) is 16.1. The van der Waals surface area contributed by atoms with Crippen LogP contribution in [0.3, 0.4) is 0 Å². The molecule has 0 fully saturated rings. The second-order valence-electron chi connectivity index (χ2n) is 4.26. The van der Waals surface area contributed by atoms with Gasteiger partial charge in [0.15, 0.2) is 0 Å². The Morgan fingerprint density at radius 2 is 2.00 bits per heavy atom. The van der Waals surface area contributed by atoms with Crippen LogP contribution in [0.4, 0.5) is 5.69 Å². The summed E-state index contributed by atoms with van der Waals surface area (Å²) in [5, 5.41) is 13.5. The first-order valence-electron chi connectivity index (χ1n) is 6.23. The lowest BCUT2D eigenvalue weighted by atomic mass is 10.0. The molecule has 1 aromatic rings. The second kappa shape index (κ2) is 6.55. The van der Waals surface area contributed by atoms with Crippen molar-refractivity contribution in [1.82, 2.24) is 5.32 Å². The topological polar surface area (TPSA) is 103 Å². The van der Waals surface area contributed by atoms with Gasteiger partial charge in [0.25, 0.3) is 11.7 Å². The van der Waals surface area contributed by atoms with Crippen molar-refractivity contribution in [2.24, 2.45) is 4.99 Å². The van der Waals surface area contributed by atoms with Crippen molar-refractivity contribution in [3.63, 3.8) is 0 Å². The van der Waals surface area contributed by atoms with Crippen LogP contribution >= 0.6 is 0 Å². The van der Waals surface area contributed by atoms with Crippen molar-refractivity contribution in [3.8, 4) is 0 Å². The SMILES string of the molecule is COC1=NC(c2ccc([N+](=O)[O-])cc2)C(OC)=C(C=C=O)N1. The second-order valence-corrected chi connectivity index (χ2v) is 4.26. The van der Waals surface area contributed by atoms with Crippen LogP contribution in [0.25, 0.3) is 0 Å². The molecule has 0 aliphatic carbocycles. The highest BCUT2D eigenvalue weighted by Gasteiger charge is 2.27. The summed E-state index contributed by atoms with van der Waals surface area (Å²) in [6.07, 6.45) is 1.17. The van der Waals surface area contributed by atoms with Crippen LogP contribution in [0.2, 0.25) is 0 Å². The third kappa shape index (κ3) is 2.97. The molecule has 1 heterocycles. The Bertz CT molecular complexity index is 687. The van der Waals surface area contributed by atoms with Crippen molar-refractivity contribution in [2.75, 3.05) is 14.2 Å². The first kappa shape index (κ1) is 15.3. The van der Waals surface area contributed by atoms with E-state index in [0.717, 1.165) is 0 Å². The number of aliphatic imine (C=N–C) groups is 1. The molecule has 8 heteroatoms. The van der Waals surface area contributed by atoms with Crippen LogP contribution in [0, 0.1) is 10.1 Å². The number of ether oxygens (including phenoxy) is 2. The van der Waals surface area contributed by atoms with Gasteiger partial charge in [0.05, 0.1) is 24.8 Å². The van der Waals surface area contributed by atoms with E-state index in [1.807, 2.05) is 0 Å². The molecule has 0 spiro atoms. The number of hydrogen-bond acceptors (Lipinski definition) is 7. The minimum atomic E-state index is -0.582. The number of methoxy groups -OCH3 is 2. The van der Waals surface area contributed by atoms with Gasteiger partial charge >= 0.3 is 0 Å². The minimum Gasteiger partial charge on any atom is -0.496 e. The third-order valence-electron chi connectivity index (χ3n) is 3.04. The van der Waals surface area contributed by atoms with Gasteiger partial charge < -0.3 is 14.8 Å². The molecule has 0 aromatic heterocycles. The number of non-ortho nitro benzene ring substituents is 1. The van der Waals surface area contributed by atoms with Gasteiger partial charge in [-0.3, -0.25) is 10.1 Å². The van der Waals surface area contributed by atoms with Crippen molar-refractivity contribution >= 4 is 17.7 Å². The normalized spacial score (nSPS) is 17.0. The third-order valence-corrected chi connectivity index (χ3v) is 3.04. The van der Waals surface area contributed by atoms with E-state index < -0.39 is 11.0 Å². The van der Waals surface area contributed by atoms with E-state index in [1.54, 1.807) is 18.1 Å². The van der Waals surface area contributed by atoms with E-state index in [-0.39, 0.29) is 11.7 Å². The zero-order valence-electron chi connectivity index (χ0n) is 11.9. The molecule has 22 heavy (non-hydrogen) atoms. The molecule has 1 aromatic carbocycles. The maximum Gasteiger partial charge on any atom is 0.290 e. The van der Waals surface area contributed by atoms with Crippen molar-refractivity contribution in [2.45, 2.75) is 6.04 Å². The molecule has 2 rings (SSSR count). The summed E-state index contributed by atoms with van der Waals surface area (Å²) in [5.41, 5.74) is 1.01. The largest absolute Gasteiger partial charge is 0.496 e. The number of nitro groups is 1. The Morgan fingerprint density at radius 3 is 2.50 bits per heavy atom. The van der Waals surface area contributed by atoms with E-state index in [4.69, 9.17) is 9.47 Å². The highest BCUT2D eigenvalue weighted by Crippen LogP contribution is 2.32. The molecule has 114 valence electrons. The van der Waals surface area contributed by atoms with Crippen LogP contribution in [0.5, 0.6) is 0 Å². The Balaban J connectivity index is 2.48. The Morgan fingerprint density at radius 1 is 1.32 bits per heavy atom. The molecule has 1 atom stereocenters. The molecule has 0 amide bonds. The smallest absolute Gasteiger partial charge is 0.290 e. The molecule has 0 radical (unpaired) electrons. The lowest BCUT2D eigenvalue weighted by molar-refractivity contribution is -0.384. The number of amidine groups is 1. The maximum absolute atomic E-state index is 10.7. The molecular weight excluding hydrogens is 290 g/mol. The monoisotopic (exact) mass is 303 g/mol. The fourth-order valence-electron chi connectivity index (χ4n) is 2.03. The Hall–Kier alpha value is -3.12. The van der Waals surface area contributed by atoms with Crippen molar-refractivity contribution < 1.29 is 19.2 Å². The quantitative estimate of drug-likeness (QED) is 0.513. The van der Waals surface area contributed by atoms with E-state index in [9.17, 15) is 14.9 Å². The predicted octanol–water partition coefficient (Wildman–Crippen LogP) is 1.49. The number of nitro benzene ring substituents is 1. The number of nitrogens with zero attached hydrogens (tertiary/aromatic N) is 2. The number of hydrogen-bond donors (Lipinski definition) is 1. The average molecular weight is 303 g/mol. The standard InChI is InChI=1S/C14H13N3O5/c1-21-13-11(7-8-18)15-14(22-2)16-12(13)9-3-5-10(6-4-9)17(19)20/h3-7,12H,1-2H3,(H,15,16). The maximum atomic E-state index is 10.7. The van der Waals surface area contributed by atoms with Crippen LogP contribution in [-0.4, -0.2) is 31.1 Å². The lowest BCUT2D eigenvalue weighted by Gasteiger charge is -2.24. The van der Waals surface area contributed by atoms with Crippen LogP contribution in [0.15, 0.2) is 46.8 Å². The molecule has 0 saturated heterocycles. The number of benzene rings is 1. The zero-order valence-corrected chi connectivity index (χ0v) is 11.9. The summed E-state index contributed by atoms with van der Waals surface area (Å²) in [6.45, 7) is 0. The van der Waals surface area contributed by atoms with E-state index in [0.29, 0.717) is 17.0 Å². The summed E-state index contributed by atoms with van der Waals surface area (Å²) >= 11 is 0.